The molecule has 1 fully saturated rings. The molecule has 1 unspecified atom stereocenters. The van der Waals surface area contributed by atoms with Gasteiger partial charge in [-0.25, -0.2) is 8.42 Å². The minimum atomic E-state index is -3.42. The molecule has 1 saturated heterocycles. The quantitative estimate of drug-likeness (QED) is 0.883. The second-order valence-corrected chi connectivity index (χ2v) is 7.70. The van der Waals surface area contributed by atoms with Crippen molar-refractivity contribution in [2.24, 2.45) is 0 Å². The number of halogens is 1. The number of anilines is 1. The van der Waals surface area contributed by atoms with E-state index in [-0.39, 0.29) is 18.4 Å². The van der Waals surface area contributed by atoms with Gasteiger partial charge in [0, 0.05) is 38.9 Å². The summed E-state index contributed by atoms with van der Waals surface area (Å²) in [5.74, 6) is 0. The van der Waals surface area contributed by atoms with Gasteiger partial charge in [0.2, 0.25) is 10.0 Å². The summed E-state index contributed by atoms with van der Waals surface area (Å²) in [6, 6.07) is 5.43. The lowest BCUT2D eigenvalue weighted by Gasteiger charge is -2.25. The lowest BCUT2D eigenvalue weighted by molar-refractivity contribution is 0.379. The van der Waals surface area contributed by atoms with Gasteiger partial charge in [-0.3, -0.25) is 0 Å². The van der Waals surface area contributed by atoms with E-state index in [0.717, 1.165) is 24.1 Å². The Morgan fingerprint density at radius 1 is 1.36 bits per heavy atom. The molecule has 22 heavy (non-hydrogen) atoms. The number of nitrogens with one attached hydrogen (secondary N) is 1. The van der Waals surface area contributed by atoms with Crippen LogP contribution < -0.4 is 10.2 Å². The Labute approximate surface area is 140 Å². The number of sulfonamides is 1. The van der Waals surface area contributed by atoms with Gasteiger partial charge in [0.15, 0.2) is 0 Å². The van der Waals surface area contributed by atoms with E-state index in [0.29, 0.717) is 18.0 Å². The molecule has 1 aliphatic heterocycles. The SMILES string of the molecule is CNCC1CCCN1S(=O)(=O)c1ccc(C)c(N(C)C)c1.Cl. The first-order valence-corrected chi connectivity index (χ1v) is 8.76. The summed E-state index contributed by atoms with van der Waals surface area (Å²) in [5, 5.41) is 3.09. The highest BCUT2D eigenvalue weighted by Gasteiger charge is 2.35. The minimum absolute atomic E-state index is 0. The zero-order chi connectivity index (χ0) is 15.6. The first-order chi connectivity index (χ1) is 9.87. The molecule has 1 N–H and O–H groups in total. The van der Waals surface area contributed by atoms with Crippen molar-refractivity contribution < 1.29 is 8.42 Å². The van der Waals surface area contributed by atoms with Crippen LogP contribution in [0.15, 0.2) is 23.1 Å². The van der Waals surface area contributed by atoms with E-state index in [1.54, 1.807) is 16.4 Å². The Hall–Kier alpha value is -0.820. The van der Waals surface area contributed by atoms with Crippen LogP contribution in [0.1, 0.15) is 18.4 Å². The molecular formula is C15H26ClN3O2S. The average molecular weight is 348 g/mol. The van der Waals surface area contributed by atoms with Gasteiger partial charge >= 0.3 is 0 Å². The molecule has 0 spiro atoms. The van der Waals surface area contributed by atoms with Crippen LogP contribution in [0.2, 0.25) is 0 Å². The van der Waals surface area contributed by atoms with Crippen molar-refractivity contribution in [1.29, 1.82) is 0 Å². The predicted octanol–water partition coefficient (Wildman–Crippen LogP) is 1.86. The maximum absolute atomic E-state index is 12.9. The van der Waals surface area contributed by atoms with Crippen LogP contribution in [0.4, 0.5) is 5.69 Å². The Kier molecular flexibility index (Phi) is 6.67. The number of aryl methyl sites for hydroxylation is 1. The number of rotatable bonds is 5. The smallest absolute Gasteiger partial charge is 0.243 e. The van der Waals surface area contributed by atoms with Gasteiger partial charge in [-0.1, -0.05) is 6.07 Å². The van der Waals surface area contributed by atoms with Gasteiger partial charge in [-0.05, 0) is 44.5 Å². The molecule has 1 aromatic carbocycles. The van der Waals surface area contributed by atoms with Crippen molar-refractivity contribution in [3.63, 3.8) is 0 Å². The van der Waals surface area contributed by atoms with E-state index in [9.17, 15) is 8.42 Å². The highest BCUT2D eigenvalue weighted by atomic mass is 35.5. The minimum Gasteiger partial charge on any atom is -0.377 e. The maximum Gasteiger partial charge on any atom is 0.243 e. The van der Waals surface area contributed by atoms with Crippen LogP contribution in [-0.4, -0.2) is 53.0 Å². The van der Waals surface area contributed by atoms with Gasteiger partial charge in [-0.2, -0.15) is 4.31 Å². The third-order valence-corrected chi connectivity index (χ3v) is 5.98. The molecule has 0 aromatic heterocycles. The lowest BCUT2D eigenvalue weighted by Crippen LogP contribution is -2.40. The second-order valence-electron chi connectivity index (χ2n) is 5.81. The van der Waals surface area contributed by atoms with Crippen molar-refractivity contribution in [1.82, 2.24) is 9.62 Å². The molecule has 1 aromatic rings. The van der Waals surface area contributed by atoms with Crippen LogP contribution in [0.25, 0.3) is 0 Å². The fourth-order valence-corrected chi connectivity index (χ4v) is 4.65. The number of benzene rings is 1. The standard InChI is InChI=1S/C15H25N3O2S.ClH/c1-12-7-8-14(10-15(12)17(3)4)21(19,20)18-9-5-6-13(18)11-16-2;/h7-8,10,13,16H,5-6,9,11H2,1-4H3;1H. The van der Waals surface area contributed by atoms with Crippen molar-refractivity contribution in [3.05, 3.63) is 23.8 Å². The molecule has 0 bridgehead atoms. The monoisotopic (exact) mass is 347 g/mol. The first-order valence-electron chi connectivity index (χ1n) is 7.32. The number of hydrogen-bond donors (Lipinski definition) is 1. The molecule has 1 atom stereocenters. The predicted molar refractivity (Wildman–Crippen MR) is 93.6 cm³/mol. The van der Waals surface area contributed by atoms with E-state index >= 15 is 0 Å². The van der Waals surface area contributed by atoms with E-state index < -0.39 is 10.0 Å². The van der Waals surface area contributed by atoms with E-state index in [1.165, 1.54) is 0 Å². The highest BCUT2D eigenvalue weighted by Crippen LogP contribution is 2.29. The topological polar surface area (TPSA) is 52.7 Å². The second kappa shape index (κ2) is 7.64. The summed E-state index contributed by atoms with van der Waals surface area (Å²) in [6.45, 7) is 3.30. The Morgan fingerprint density at radius 2 is 2.05 bits per heavy atom. The molecule has 1 aliphatic rings. The summed E-state index contributed by atoms with van der Waals surface area (Å²) in [4.78, 5) is 2.34. The maximum atomic E-state index is 12.9. The van der Waals surface area contributed by atoms with Gasteiger partial charge in [0.25, 0.3) is 0 Å². The molecule has 0 radical (unpaired) electrons. The zero-order valence-electron chi connectivity index (χ0n) is 13.7. The Morgan fingerprint density at radius 3 is 2.64 bits per heavy atom. The molecule has 126 valence electrons. The van der Waals surface area contributed by atoms with Gasteiger partial charge in [0.1, 0.15) is 0 Å². The molecule has 5 nitrogen and oxygen atoms in total. The van der Waals surface area contributed by atoms with Crippen LogP contribution in [0, 0.1) is 6.92 Å². The molecular weight excluding hydrogens is 322 g/mol. The number of hydrogen-bond acceptors (Lipinski definition) is 4. The van der Waals surface area contributed by atoms with Crippen molar-refractivity contribution >= 4 is 28.1 Å². The van der Waals surface area contributed by atoms with E-state index in [1.807, 2.05) is 39.0 Å². The van der Waals surface area contributed by atoms with Gasteiger partial charge in [0.05, 0.1) is 4.90 Å². The van der Waals surface area contributed by atoms with Gasteiger partial charge in [-0.15, -0.1) is 12.4 Å². The third kappa shape index (κ3) is 3.74. The first kappa shape index (κ1) is 19.2. The molecule has 0 aliphatic carbocycles. The third-order valence-electron chi connectivity index (χ3n) is 4.03. The van der Waals surface area contributed by atoms with Crippen molar-refractivity contribution in [2.75, 3.05) is 39.1 Å². The summed E-state index contributed by atoms with van der Waals surface area (Å²) < 4.78 is 27.4. The normalized spacial score (nSPS) is 19.0. The molecule has 0 saturated carbocycles. The average Bonchev–Trinajstić information content (AvgIpc) is 2.88. The fourth-order valence-electron chi connectivity index (χ4n) is 2.93. The molecule has 2 rings (SSSR count). The van der Waals surface area contributed by atoms with Gasteiger partial charge < -0.3 is 10.2 Å². The Balaban J connectivity index is 0.00000242. The van der Waals surface area contributed by atoms with E-state index in [4.69, 9.17) is 0 Å². The van der Waals surface area contributed by atoms with Crippen molar-refractivity contribution in [3.8, 4) is 0 Å². The largest absolute Gasteiger partial charge is 0.377 e. The van der Waals surface area contributed by atoms with Crippen LogP contribution >= 0.6 is 12.4 Å². The molecule has 0 amide bonds. The molecule has 7 heteroatoms. The lowest BCUT2D eigenvalue weighted by atomic mass is 10.2. The summed E-state index contributed by atoms with van der Waals surface area (Å²) in [5.41, 5.74) is 2.02. The summed E-state index contributed by atoms with van der Waals surface area (Å²) in [6.07, 6.45) is 1.85. The number of likely N-dealkylation sites (N-methyl/N-ethyl adjacent to an activating group) is 1. The van der Waals surface area contributed by atoms with E-state index in [2.05, 4.69) is 5.32 Å². The fraction of sp³-hybridized carbons (Fsp3) is 0.600. The van der Waals surface area contributed by atoms with Crippen molar-refractivity contribution in [2.45, 2.75) is 30.7 Å². The number of nitrogens with zero attached hydrogens (tertiary/aromatic N) is 2. The van der Waals surface area contributed by atoms with Crippen LogP contribution in [0.5, 0.6) is 0 Å². The zero-order valence-corrected chi connectivity index (χ0v) is 15.3. The molecule has 1 heterocycles. The summed E-state index contributed by atoms with van der Waals surface area (Å²) >= 11 is 0. The Bertz CT molecular complexity index is 605. The highest BCUT2D eigenvalue weighted by molar-refractivity contribution is 7.89. The van der Waals surface area contributed by atoms with Crippen LogP contribution in [0.3, 0.4) is 0 Å². The summed E-state index contributed by atoms with van der Waals surface area (Å²) in [7, 11) is 2.30. The van der Waals surface area contributed by atoms with Crippen LogP contribution in [-0.2, 0) is 10.0 Å².